The number of carbonyl (C=O) groups excluding carboxylic acids is 4. The van der Waals surface area contributed by atoms with Gasteiger partial charge in [-0.15, -0.1) is 0 Å². The van der Waals surface area contributed by atoms with Gasteiger partial charge in [0.1, 0.15) is 11.5 Å². The van der Waals surface area contributed by atoms with Crippen molar-refractivity contribution in [2.75, 3.05) is 29.4 Å². The quantitative estimate of drug-likeness (QED) is 0.226. The minimum absolute atomic E-state index is 0.0429. The zero-order valence-electron chi connectivity index (χ0n) is 38.7. The van der Waals surface area contributed by atoms with Gasteiger partial charge < -0.3 is 34.8 Å². The lowest BCUT2D eigenvalue weighted by Gasteiger charge is -2.40. The zero-order chi connectivity index (χ0) is 44.1. The summed E-state index contributed by atoms with van der Waals surface area (Å²) in [5.74, 6) is 1.33. The van der Waals surface area contributed by atoms with Crippen LogP contribution in [0.25, 0.3) is 0 Å². The average molecular weight is 830 g/mol. The molecule has 0 spiro atoms. The number of unbranched alkanes of at least 4 members (excludes halogenated alkanes) is 1. The van der Waals surface area contributed by atoms with Crippen LogP contribution < -0.4 is 25.0 Å². The molecule has 4 aliphatic rings. The van der Waals surface area contributed by atoms with Crippen LogP contribution in [-0.2, 0) is 9.59 Å². The van der Waals surface area contributed by atoms with Crippen LogP contribution in [0.4, 0.5) is 11.4 Å². The molecule has 2 aliphatic carbocycles. The zero-order valence-corrected chi connectivity index (χ0v) is 38.7. The molecule has 332 valence electrons. The van der Waals surface area contributed by atoms with Crippen molar-refractivity contribution in [2.45, 2.75) is 195 Å². The smallest absolute Gasteiger partial charge is 0.270 e. The normalized spacial score (nSPS) is 18.9. The summed E-state index contributed by atoms with van der Waals surface area (Å²) in [6, 6.07) is 8.45. The highest BCUT2D eigenvalue weighted by atomic mass is 16.5. The molecule has 6 rings (SSSR count). The predicted molar refractivity (Wildman–Crippen MR) is 241 cm³/mol. The van der Waals surface area contributed by atoms with Gasteiger partial charge >= 0.3 is 0 Å². The summed E-state index contributed by atoms with van der Waals surface area (Å²) < 4.78 is 12.1. The second kappa shape index (κ2) is 19.7. The number of hydrogen-bond acceptors (Lipinski definition) is 7. The van der Waals surface area contributed by atoms with Crippen molar-refractivity contribution in [2.24, 2.45) is 5.73 Å². The summed E-state index contributed by atoms with van der Waals surface area (Å²) in [5, 5.41) is 0. The lowest BCUT2D eigenvalue weighted by molar-refractivity contribution is -0.133. The van der Waals surface area contributed by atoms with E-state index in [9.17, 15) is 19.2 Å². The Morgan fingerprint density at radius 2 is 1.03 bits per heavy atom. The van der Waals surface area contributed by atoms with Crippen molar-refractivity contribution in [1.29, 1.82) is 0 Å². The van der Waals surface area contributed by atoms with E-state index in [0.29, 0.717) is 60.4 Å². The molecule has 0 radical (unpaired) electrons. The number of ether oxygens (including phenoxy) is 2. The number of nitrogens with two attached hydrogens (primary N) is 1. The molecule has 0 atom stereocenters. The van der Waals surface area contributed by atoms with Gasteiger partial charge in [-0.1, -0.05) is 51.9 Å². The maximum absolute atomic E-state index is 13.7. The van der Waals surface area contributed by atoms with Crippen molar-refractivity contribution < 1.29 is 28.7 Å². The van der Waals surface area contributed by atoms with Crippen LogP contribution in [0.1, 0.15) is 178 Å². The second-order valence-corrected chi connectivity index (χ2v) is 19.1. The summed E-state index contributed by atoms with van der Waals surface area (Å²) >= 11 is 0. The van der Waals surface area contributed by atoms with Crippen LogP contribution in [0.3, 0.4) is 0 Å². The van der Waals surface area contributed by atoms with E-state index in [4.69, 9.17) is 15.2 Å². The minimum atomic E-state index is -0.939. The Bertz CT molecular complexity index is 1720. The fourth-order valence-electron chi connectivity index (χ4n) is 9.54. The number of anilines is 2. The molecule has 2 aromatic carbocycles. The Labute approximate surface area is 360 Å². The summed E-state index contributed by atoms with van der Waals surface area (Å²) in [6.45, 7) is 23.3. The molecule has 2 aliphatic heterocycles. The highest BCUT2D eigenvalue weighted by molar-refractivity contribution is 6.06. The van der Waals surface area contributed by atoms with E-state index < -0.39 is 11.2 Å². The highest BCUT2D eigenvalue weighted by Crippen LogP contribution is 2.42. The van der Waals surface area contributed by atoms with Gasteiger partial charge in [0.2, 0.25) is 0 Å². The van der Waals surface area contributed by atoms with Crippen LogP contribution in [0, 0.1) is 13.8 Å². The lowest BCUT2D eigenvalue weighted by Crippen LogP contribution is -2.53. The Morgan fingerprint density at radius 3 is 1.37 bits per heavy atom. The van der Waals surface area contributed by atoms with E-state index in [1.54, 1.807) is 18.7 Å². The fourth-order valence-corrected chi connectivity index (χ4v) is 9.54. The molecular weight excluding hydrogens is 755 g/mol. The molecule has 0 saturated heterocycles. The van der Waals surface area contributed by atoms with Crippen LogP contribution in [0.15, 0.2) is 24.3 Å². The Morgan fingerprint density at radius 1 is 0.667 bits per heavy atom. The SMILES string of the molecule is CCCCN1C(=O)C(C)(C)Oc2cc(C)c(C(=O)N(C(C)C)C3CCCCC3)cc21.Cc1cc2c(cc1C(=O)N(C(C)C)C1CCCCC1)N(CCCN)C(=O)C(C)(C)O2. The second-order valence-electron chi connectivity index (χ2n) is 19.1. The van der Waals surface area contributed by atoms with Crippen LogP contribution in [0.5, 0.6) is 11.5 Å². The molecule has 11 heteroatoms. The molecule has 2 fully saturated rings. The van der Waals surface area contributed by atoms with E-state index in [-0.39, 0.29) is 41.8 Å². The maximum atomic E-state index is 13.7. The van der Waals surface area contributed by atoms with Crippen LogP contribution in [0.2, 0.25) is 0 Å². The number of rotatable bonds is 12. The monoisotopic (exact) mass is 830 g/mol. The van der Waals surface area contributed by atoms with Crippen LogP contribution in [-0.4, -0.2) is 88.4 Å². The van der Waals surface area contributed by atoms with Gasteiger partial charge in [0, 0.05) is 48.4 Å². The van der Waals surface area contributed by atoms with Gasteiger partial charge in [-0.2, -0.15) is 0 Å². The molecule has 2 heterocycles. The van der Waals surface area contributed by atoms with Crippen molar-refractivity contribution in [1.82, 2.24) is 9.80 Å². The van der Waals surface area contributed by atoms with Crippen LogP contribution >= 0.6 is 0 Å². The lowest BCUT2D eigenvalue weighted by atomic mass is 9.92. The Kier molecular flexibility index (Phi) is 15.4. The molecule has 0 bridgehead atoms. The molecule has 0 unspecified atom stereocenters. The number of aryl methyl sites for hydroxylation is 2. The fraction of sp³-hybridized carbons (Fsp3) is 0.673. The molecule has 11 nitrogen and oxygen atoms in total. The highest BCUT2D eigenvalue weighted by Gasteiger charge is 2.43. The number of benzene rings is 2. The average Bonchev–Trinajstić information content (AvgIpc) is 3.19. The van der Waals surface area contributed by atoms with E-state index in [1.807, 2.05) is 61.8 Å². The number of amides is 4. The third kappa shape index (κ3) is 10.1. The molecular formula is C49H75N5O6. The van der Waals surface area contributed by atoms with Gasteiger partial charge in [-0.05, 0) is 150 Å². The van der Waals surface area contributed by atoms with Gasteiger partial charge in [0.25, 0.3) is 23.6 Å². The maximum Gasteiger partial charge on any atom is 0.270 e. The largest absolute Gasteiger partial charge is 0.476 e. The van der Waals surface area contributed by atoms with Crippen molar-refractivity contribution in [3.8, 4) is 11.5 Å². The predicted octanol–water partition coefficient (Wildman–Crippen LogP) is 9.51. The standard InChI is InChI=1S/C25H38N2O3.C24H37N3O3/c1-7-8-14-26-21-16-20(18(4)15-22(21)30-25(5,6)24(26)29)23(28)27(17(2)3)19-12-10-9-11-13-19;1-16(2)27(18-10-7-6-8-11-18)22(28)19-15-20-21(14-17(19)3)30-24(4,5)23(29)26(20)13-9-12-25/h15-17,19H,7-14H2,1-6H3;14-16,18H,6-13,25H2,1-5H3. The first-order valence-electron chi connectivity index (χ1n) is 23.0. The molecule has 2 N–H and O–H groups in total. The number of nitrogens with zero attached hydrogens (tertiary/aromatic N) is 4. The van der Waals surface area contributed by atoms with E-state index >= 15 is 0 Å². The van der Waals surface area contributed by atoms with Crippen molar-refractivity contribution in [3.05, 3.63) is 46.5 Å². The summed E-state index contributed by atoms with van der Waals surface area (Å²) in [6.07, 6.45) is 14.1. The van der Waals surface area contributed by atoms with Gasteiger partial charge in [-0.25, -0.2) is 0 Å². The number of carbonyl (C=O) groups is 4. The molecule has 2 aromatic rings. The van der Waals surface area contributed by atoms with Gasteiger partial charge in [0.05, 0.1) is 11.4 Å². The topological polar surface area (TPSA) is 126 Å². The molecule has 60 heavy (non-hydrogen) atoms. The summed E-state index contributed by atoms with van der Waals surface area (Å²) in [5.41, 5.74) is 8.40. The first kappa shape index (κ1) is 46.9. The first-order chi connectivity index (χ1) is 28.3. The van der Waals surface area contributed by atoms with E-state index in [0.717, 1.165) is 55.3 Å². The Hall–Kier alpha value is -4.12. The summed E-state index contributed by atoms with van der Waals surface area (Å²) in [4.78, 5) is 61.2. The van der Waals surface area contributed by atoms with Crippen molar-refractivity contribution in [3.63, 3.8) is 0 Å². The summed E-state index contributed by atoms with van der Waals surface area (Å²) in [7, 11) is 0. The number of hydrogen-bond donors (Lipinski definition) is 1. The van der Waals surface area contributed by atoms with E-state index in [1.165, 1.54) is 38.5 Å². The molecule has 2 saturated carbocycles. The van der Waals surface area contributed by atoms with Crippen molar-refractivity contribution >= 4 is 35.0 Å². The first-order valence-corrected chi connectivity index (χ1v) is 23.0. The minimum Gasteiger partial charge on any atom is -0.476 e. The number of fused-ring (bicyclic) bond motifs is 2. The third-order valence-corrected chi connectivity index (χ3v) is 12.7. The molecule has 4 amide bonds. The third-order valence-electron chi connectivity index (χ3n) is 12.7. The Balaban J connectivity index is 0.000000228. The van der Waals surface area contributed by atoms with E-state index in [2.05, 4.69) is 39.5 Å². The van der Waals surface area contributed by atoms with Gasteiger partial charge in [-0.3, -0.25) is 19.2 Å². The van der Waals surface area contributed by atoms with Gasteiger partial charge in [0.15, 0.2) is 11.2 Å². The molecule has 0 aromatic heterocycles.